The number of ether oxygens (including phenoxy) is 1. The van der Waals surface area contributed by atoms with Crippen molar-refractivity contribution in [3.8, 4) is 0 Å². The van der Waals surface area contributed by atoms with Crippen molar-refractivity contribution in [2.45, 2.75) is 28.1 Å². The molecule has 0 fully saturated rings. The van der Waals surface area contributed by atoms with E-state index in [0.717, 1.165) is 11.1 Å². The lowest BCUT2D eigenvalue weighted by Gasteiger charge is -2.32. The van der Waals surface area contributed by atoms with Gasteiger partial charge in [-0.2, -0.15) is 0 Å². The number of aliphatic imine (C=N–C) groups is 1. The van der Waals surface area contributed by atoms with Gasteiger partial charge in [-0.05, 0) is 23.3 Å². The molecule has 168 valence electrons. The highest BCUT2D eigenvalue weighted by Crippen LogP contribution is 2.44. The number of halogens is 3. The second-order valence-corrected chi connectivity index (χ2v) is 10.1. The minimum Gasteiger partial charge on any atom is -0.405 e. The van der Waals surface area contributed by atoms with Crippen LogP contribution in [0.2, 0.25) is 0 Å². The average molecular weight is 501 g/mol. The lowest BCUT2D eigenvalue weighted by atomic mass is 9.73. The van der Waals surface area contributed by atoms with Crippen molar-refractivity contribution in [3.63, 3.8) is 0 Å². The van der Waals surface area contributed by atoms with Gasteiger partial charge in [-0.3, -0.25) is 4.79 Å². The lowest BCUT2D eigenvalue weighted by Crippen LogP contribution is -2.44. The van der Waals surface area contributed by atoms with Gasteiger partial charge in [-0.15, -0.1) is 0 Å². The van der Waals surface area contributed by atoms with Crippen LogP contribution in [0.25, 0.3) is 0 Å². The molecule has 4 nitrogen and oxygen atoms in total. The molecule has 4 rings (SSSR count). The molecule has 0 unspecified atom stereocenters. The van der Waals surface area contributed by atoms with Gasteiger partial charge >= 0.3 is 5.97 Å². The van der Waals surface area contributed by atoms with Crippen LogP contribution in [0, 0.1) is 0 Å². The van der Waals surface area contributed by atoms with Crippen molar-refractivity contribution in [1.82, 2.24) is 0 Å². The topological polar surface area (TPSA) is 55.7 Å². The molecular formula is C26H20Cl3NO3. The number of nitrogens with zero attached hydrogens (tertiary/aromatic N) is 1. The number of cyclic esters (lactones) is 1. The third kappa shape index (κ3) is 5.14. The molecule has 0 saturated carbocycles. The molecule has 0 saturated heterocycles. The Labute approximate surface area is 207 Å². The minimum atomic E-state index is -2.12. The first-order chi connectivity index (χ1) is 15.8. The van der Waals surface area contributed by atoms with Gasteiger partial charge in [0, 0.05) is 24.3 Å². The van der Waals surface area contributed by atoms with Crippen LogP contribution < -0.4 is 0 Å². The maximum Gasteiger partial charge on any atom is 0.341 e. The van der Waals surface area contributed by atoms with Gasteiger partial charge in [0.2, 0.25) is 9.69 Å². The summed E-state index contributed by atoms with van der Waals surface area (Å²) in [5, 5.41) is 0. The molecule has 2 atom stereocenters. The van der Waals surface area contributed by atoms with Gasteiger partial charge in [-0.1, -0.05) is 114 Å². The number of carbonyl (C=O) groups excluding carboxylic acids is 2. The molecular weight excluding hydrogens is 481 g/mol. The smallest absolute Gasteiger partial charge is 0.341 e. The molecule has 3 aromatic carbocycles. The fraction of sp³-hybridized carbons (Fsp3) is 0.192. The molecule has 0 aliphatic carbocycles. The van der Waals surface area contributed by atoms with E-state index in [1.165, 1.54) is 0 Å². The van der Waals surface area contributed by atoms with Crippen LogP contribution >= 0.6 is 34.8 Å². The van der Waals surface area contributed by atoms with E-state index in [2.05, 4.69) is 0 Å². The van der Waals surface area contributed by atoms with E-state index in [9.17, 15) is 9.59 Å². The first-order valence-corrected chi connectivity index (χ1v) is 11.5. The Morgan fingerprint density at radius 1 is 0.879 bits per heavy atom. The third-order valence-corrected chi connectivity index (χ3v) is 6.30. The molecule has 1 aliphatic heterocycles. The van der Waals surface area contributed by atoms with E-state index in [4.69, 9.17) is 44.5 Å². The molecule has 0 spiro atoms. The Morgan fingerprint density at radius 3 is 2.00 bits per heavy atom. The quantitative estimate of drug-likeness (QED) is 0.292. The Bertz CT molecular complexity index is 1160. The van der Waals surface area contributed by atoms with Gasteiger partial charge in [0.1, 0.15) is 0 Å². The van der Waals surface area contributed by atoms with Gasteiger partial charge in [0.25, 0.3) is 0 Å². The lowest BCUT2D eigenvalue weighted by molar-refractivity contribution is -0.140. The molecule has 0 N–H and O–H groups in total. The minimum absolute atomic E-state index is 0.200. The highest BCUT2D eigenvalue weighted by Gasteiger charge is 2.54. The maximum absolute atomic E-state index is 13.6. The number of hydrogen-bond acceptors (Lipinski definition) is 4. The third-order valence-electron chi connectivity index (χ3n) is 5.67. The highest BCUT2D eigenvalue weighted by molar-refractivity contribution is 6.76. The van der Waals surface area contributed by atoms with E-state index in [1.807, 2.05) is 91.0 Å². The summed E-state index contributed by atoms with van der Waals surface area (Å²) in [6, 6.07) is 27.8. The van der Waals surface area contributed by atoms with E-state index in [-0.39, 0.29) is 18.7 Å². The summed E-state index contributed by atoms with van der Waals surface area (Å²) in [5.41, 5.74) is 0.848. The first-order valence-electron chi connectivity index (χ1n) is 10.4. The maximum atomic E-state index is 13.6. The molecule has 3 aromatic rings. The number of alkyl halides is 3. The van der Waals surface area contributed by atoms with Crippen molar-refractivity contribution < 1.29 is 14.3 Å². The van der Waals surface area contributed by atoms with Gasteiger partial charge in [0.05, 0.1) is 0 Å². The zero-order valence-electron chi connectivity index (χ0n) is 17.5. The van der Waals surface area contributed by atoms with Crippen molar-refractivity contribution in [2.24, 2.45) is 4.99 Å². The van der Waals surface area contributed by atoms with Crippen LogP contribution in [0.5, 0.6) is 0 Å². The molecule has 0 aromatic heterocycles. The Kier molecular flexibility index (Phi) is 6.89. The number of carbonyl (C=O) groups is 2. The number of ketones is 1. The summed E-state index contributed by atoms with van der Waals surface area (Å²) < 4.78 is 3.59. The second-order valence-electron chi connectivity index (χ2n) is 7.85. The van der Waals surface area contributed by atoms with Crippen LogP contribution in [-0.4, -0.2) is 27.0 Å². The van der Waals surface area contributed by atoms with Crippen LogP contribution in [0.1, 0.15) is 29.0 Å². The van der Waals surface area contributed by atoms with Crippen LogP contribution in [-0.2, 0) is 20.7 Å². The zero-order valence-corrected chi connectivity index (χ0v) is 19.7. The fourth-order valence-electron chi connectivity index (χ4n) is 4.04. The first kappa shape index (κ1) is 23.5. The highest BCUT2D eigenvalue weighted by atomic mass is 35.6. The van der Waals surface area contributed by atoms with Crippen LogP contribution in [0.3, 0.4) is 0 Å². The molecule has 1 heterocycles. The molecule has 33 heavy (non-hydrogen) atoms. The number of benzene rings is 3. The summed E-state index contributed by atoms with van der Waals surface area (Å²) in [6.45, 7) is 0. The molecule has 7 heteroatoms. The second kappa shape index (κ2) is 9.68. The van der Waals surface area contributed by atoms with Crippen molar-refractivity contribution >= 4 is 52.5 Å². The molecule has 1 aliphatic rings. The Morgan fingerprint density at radius 2 is 1.42 bits per heavy atom. The summed E-state index contributed by atoms with van der Waals surface area (Å²) in [5.74, 6) is -1.67. The Hall–Kier alpha value is -2.66. The summed E-state index contributed by atoms with van der Waals surface area (Å²) in [6.07, 6.45) is 0.0176. The van der Waals surface area contributed by atoms with Crippen molar-refractivity contribution in [3.05, 3.63) is 108 Å². The Balaban J connectivity index is 1.88. The number of Topliss-reactive ketones (excluding diaryl/α,β-unsaturated/α-hetero) is 1. The number of hydrogen-bond donors (Lipinski definition) is 0. The van der Waals surface area contributed by atoms with Crippen molar-refractivity contribution in [2.75, 3.05) is 0 Å². The summed E-state index contributed by atoms with van der Waals surface area (Å²) in [4.78, 5) is 31.3. The predicted octanol–water partition coefficient (Wildman–Crippen LogP) is 6.08. The van der Waals surface area contributed by atoms with Gasteiger partial charge < -0.3 is 4.74 Å². The number of rotatable bonds is 7. The SMILES string of the molecule is O=C(C[C@H](c1ccccc1)[C@]1(Cc2ccccc2)N=C(c2ccccc2)OC1=O)C(Cl)(Cl)Cl. The van der Waals surface area contributed by atoms with E-state index >= 15 is 0 Å². The number of esters is 1. The fourth-order valence-corrected chi connectivity index (χ4v) is 4.27. The average Bonchev–Trinajstić information content (AvgIpc) is 3.15. The van der Waals surface area contributed by atoms with E-state index in [0.29, 0.717) is 5.56 Å². The van der Waals surface area contributed by atoms with Crippen LogP contribution in [0.4, 0.5) is 0 Å². The molecule has 0 radical (unpaired) electrons. The predicted molar refractivity (Wildman–Crippen MR) is 131 cm³/mol. The van der Waals surface area contributed by atoms with Crippen LogP contribution in [0.15, 0.2) is 96.0 Å². The normalized spacial score (nSPS) is 19.0. The molecule has 0 bridgehead atoms. The standard InChI is InChI=1S/C26H20Cl3NO3/c27-26(28,29)22(31)16-21(19-12-6-2-7-13-19)25(17-18-10-4-1-5-11-18)24(32)33-23(30-25)20-14-8-3-9-15-20/h1-15,21H,16-17H2/t21-,25+/m1/s1. The van der Waals surface area contributed by atoms with Gasteiger partial charge in [-0.25, -0.2) is 9.79 Å². The van der Waals surface area contributed by atoms with E-state index in [1.54, 1.807) is 0 Å². The molecule has 0 amide bonds. The summed E-state index contributed by atoms with van der Waals surface area (Å²) in [7, 11) is 0. The largest absolute Gasteiger partial charge is 0.405 e. The van der Waals surface area contributed by atoms with Crippen molar-refractivity contribution in [1.29, 1.82) is 0 Å². The zero-order chi connectivity index (χ0) is 23.5. The monoisotopic (exact) mass is 499 g/mol. The van der Waals surface area contributed by atoms with E-state index < -0.39 is 27.0 Å². The van der Waals surface area contributed by atoms with Gasteiger partial charge in [0.15, 0.2) is 11.3 Å². The summed E-state index contributed by atoms with van der Waals surface area (Å²) >= 11 is 17.8.